The minimum absolute atomic E-state index is 0.108. The average Bonchev–Trinajstić information content (AvgIpc) is 2.58. The fourth-order valence-corrected chi connectivity index (χ4v) is 2.66. The average molecular weight is 359 g/mol. The molecule has 26 heavy (non-hydrogen) atoms. The Morgan fingerprint density at radius 1 is 1.12 bits per heavy atom. The van der Waals surface area contributed by atoms with Crippen molar-refractivity contribution in [2.45, 2.75) is 31.4 Å². The van der Waals surface area contributed by atoms with Crippen LogP contribution in [0.3, 0.4) is 0 Å². The first-order valence-corrected chi connectivity index (χ1v) is 8.00. The van der Waals surface area contributed by atoms with E-state index in [-0.39, 0.29) is 24.3 Å². The van der Waals surface area contributed by atoms with Gasteiger partial charge in [0.1, 0.15) is 11.6 Å². The lowest BCUT2D eigenvalue weighted by Crippen LogP contribution is -2.52. The van der Waals surface area contributed by atoms with Crippen molar-refractivity contribution in [2.75, 3.05) is 0 Å². The number of carbonyl (C=O) groups is 2. The topological polar surface area (TPSA) is 130 Å². The fourth-order valence-electron chi connectivity index (χ4n) is 2.66. The Labute approximate surface area is 150 Å². The van der Waals surface area contributed by atoms with Gasteiger partial charge in [-0.3, -0.25) is 4.79 Å². The van der Waals surface area contributed by atoms with Gasteiger partial charge in [0.05, 0.1) is 5.56 Å². The van der Waals surface area contributed by atoms with Gasteiger partial charge in [-0.05, 0) is 36.8 Å². The predicted octanol–water partition coefficient (Wildman–Crippen LogP) is 2.06. The third-order valence-electron chi connectivity index (χ3n) is 3.95. The largest absolute Gasteiger partial charge is 0.504 e. The molecule has 0 amide bonds. The maximum absolute atomic E-state index is 12.1. The quantitative estimate of drug-likeness (QED) is 0.440. The zero-order chi connectivity index (χ0) is 19.3. The Balaban J connectivity index is 2.09. The van der Waals surface area contributed by atoms with Gasteiger partial charge in [-0.25, -0.2) is 4.79 Å². The van der Waals surface area contributed by atoms with Crippen LogP contribution in [-0.4, -0.2) is 38.9 Å². The van der Waals surface area contributed by atoms with E-state index in [1.54, 1.807) is 37.3 Å². The highest BCUT2D eigenvalue weighted by Crippen LogP contribution is 2.28. The van der Waals surface area contributed by atoms with Crippen LogP contribution in [0.2, 0.25) is 0 Å². The second-order valence-electron chi connectivity index (χ2n) is 6.25. The van der Waals surface area contributed by atoms with Crippen LogP contribution in [0, 0.1) is 0 Å². The van der Waals surface area contributed by atoms with Crippen molar-refractivity contribution in [3.8, 4) is 11.5 Å². The lowest BCUT2D eigenvalue weighted by molar-refractivity contribution is -0.144. The number of hydrogen-bond acceptors (Lipinski definition) is 6. The van der Waals surface area contributed by atoms with E-state index in [0.717, 1.165) is 0 Å². The molecular formula is C19H21NO6. The van der Waals surface area contributed by atoms with Crippen molar-refractivity contribution in [1.82, 2.24) is 0 Å². The van der Waals surface area contributed by atoms with Gasteiger partial charge < -0.3 is 25.8 Å². The highest BCUT2D eigenvalue weighted by Gasteiger charge is 2.37. The third-order valence-corrected chi connectivity index (χ3v) is 3.95. The number of benzene rings is 2. The van der Waals surface area contributed by atoms with E-state index in [0.29, 0.717) is 11.1 Å². The number of hydrogen-bond donors (Lipinski definition) is 4. The number of ether oxygens (including phenoxy) is 1. The lowest BCUT2D eigenvalue weighted by atomic mass is 9.86. The predicted molar refractivity (Wildman–Crippen MR) is 94.0 cm³/mol. The number of nitrogens with two attached hydrogens (primary N) is 1. The van der Waals surface area contributed by atoms with Gasteiger partial charge >= 0.3 is 11.9 Å². The second kappa shape index (κ2) is 7.88. The molecule has 0 spiro atoms. The summed E-state index contributed by atoms with van der Waals surface area (Å²) in [5.41, 5.74) is 5.13. The van der Waals surface area contributed by atoms with Gasteiger partial charge in [0, 0.05) is 12.8 Å². The number of carboxylic acid groups (broad SMARTS) is 1. The number of carboxylic acids is 1. The Bertz CT molecular complexity index is 792. The van der Waals surface area contributed by atoms with E-state index in [1.807, 2.05) is 0 Å². The Morgan fingerprint density at radius 3 is 2.35 bits per heavy atom. The van der Waals surface area contributed by atoms with E-state index in [4.69, 9.17) is 10.5 Å². The van der Waals surface area contributed by atoms with Crippen LogP contribution in [0.4, 0.5) is 0 Å². The normalized spacial score (nSPS) is 14.2. The standard InChI is InChI=1S/C19H21NO6/c1-12(26-17(23)14-5-3-2-4-6-14)10-19(20,18(24)25)11-13-7-8-15(21)16(22)9-13/h2-9,12,21-22H,10-11,20H2,1H3,(H,24,25)/t12-,19-/m1/s1. The first-order chi connectivity index (χ1) is 12.2. The molecule has 0 radical (unpaired) electrons. The molecule has 138 valence electrons. The number of esters is 1. The molecule has 0 heterocycles. The molecule has 0 saturated heterocycles. The molecule has 0 aromatic heterocycles. The highest BCUT2D eigenvalue weighted by atomic mass is 16.5. The molecule has 0 aliphatic heterocycles. The van der Waals surface area contributed by atoms with Crippen molar-refractivity contribution in [3.63, 3.8) is 0 Å². The van der Waals surface area contributed by atoms with Crippen molar-refractivity contribution in [3.05, 3.63) is 59.7 Å². The van der Waals surface area contributed by atoms with Crippen LogP contribution in [0.1, 0.15) is 29.3 Å². The van der Waals surface area contributed by atoms with Crippen LogP contribution in [0.5, 0.6) is 11.5 Å². The number of phenolic OH excluding ortho intramolecular Hbond substituents is 2. The summed E-state index contributed by atoms with van der Waals surface area (Å²) >= 11 is 0. The van der Waals surface area contributed by atoms with Gasteiger partial charge in [0.25, 0.3) is 0 Å². The molecule has 5 N–H and O–H groups in total. The Kier molecular flexibility index (Phi) is 5.84. The van der Waals surface area contributed by atoms with Crippen molar-refractivity contribution in [2.24, 2.45) is 5.73 Å². The number of rotatable bonds is 7. The Hall–Kier alpha value is -3.06. The molecular weight excluding hydrogens is 338 g/mol. The first-order valence-electron chi connectivity index (χ1n) is 8.00. The van der Waals surface area contributed by atoms with Crippen LogP contribution in [-0.2, 0) is 16.0 Å². The zero-order valence-electron chi connectivity index (χ0n) is 14.3. The summed E-state index contributed by atoms with van der Waals surface area (Å²) in [4.78, 5) is 23.8. The minimum Gasteiger partial charge on any atom is -0.504 e. The number of aliphatic carboxylic acids is 1. The number of carbonyl (C=O) groups excluding carboxylic acids is 1. The van der Waals surface area contributed by atoms with Gasteiger partial charge in [-0.1, -0.05) is 24.3 Å². The molecule has 0 saturated carbocycles. The van der Waals surface area contributed by atoms with Gasteiger partial charge in [0.15, 0.2) is 11.5 Å². The molecule has 7 heteroatoms. The van der Waals surface area contributed by atoms with Crippen LogP contribution < -0.4 is 5.73 Å². The highest BCUT2D eigenvalue weighted by molar-refractivity contribution is 5.89. The second-order valence-corrected chi connectivity index (χ2v) is 6.25. The van der Waals surface area contributed by atoms with E-state index in [9.17, 15) is 24.9 Å². The van der Waals surface area contributed by atoms with Crippen LogP contribution in [0.15, 0.2) is 48.5 Å². The van der Waals surface area contributed by atoms with E-state index < -0.39 is 23.6 Å². The van der Waals surface area contributed by atoms with Crippen molar-refractivity contribution in [1.29, 1.82) is 0 Å². The molecule has 2 aromatic carbocycles. The lowest BCUT2D eigenvalue weighted by Gasteiger charge is -2.28. The third kappa shape index (κ3) is 4.73. The smallest absolute Gasteiger partial charge is 0.338 e. The van der Waals surface area contributed by atoms with Crippen molar-refractivity contribution < 1.29 is 29.6 Å². The molecule has 0 unspecified atom stereocenters. The van der Waals surface area contributed by atoms with Crippen LogP contribution >= 0.6 is 0 Å². The summed E-state index contributed by atoms with van der Waals surface area (Å²) in [5.74, 6) is -2.49. The number of phenols is 2. The first kappa shape index (κ1) is 19.3. The SMILES string of the molecule is C[C@H](C[C@@](N)(Cc1ccc(O)c(O)c1)C(=O)O)OC(=O)c1ccccc1. The molecule has 0 aliphatic carbocycles. The van der Waals surface area contributed by atoms with Crippen LogP contribution in [0.25, 0.3) is 0 Å². The summed E-state index contributed by atoms with van der Waals surface area (Å²) in [6, 6.07) is 12.3. The maximum atomic E-state index is 12.1. The van der Waals surface area contributed by atoms with E-state index in [2.05, 4.69) is 0 Å². The van der Waals surface area contributed by atoms with E-state index >= 15 is 0 Å². The van der Waals surface area contributed by atoms with E-state index in [1.165, 1.54) is 18.2 Å². The Morgan fingerprint density at radius 2 is 1.77 bits per heavy atom. The molecule has 0 bridgehead atoms. The zero-order valence-corrected chi connectivity index (χ0v) is 14.3. The number of aromatic hydroxyl groups is 2. The minimum atomic E-state index is -1.71. The van der Waals surface area contributed by atoms with Gasteiger partial charge in [0.2, 0.25) is 0 Å². The molecule has 0 fully saturated rings. The summed E-state index contributed by atoms with van der Waals surface area (Å²) in [6.45, 7) is 1.57. The summed E-state index contributed by atoms with van der Waals surface area (Å²) < 4.78 is 5.29. The molecule has 0 aliphatic rings. The summed E-state index contributed by atoms with van der Waals surface area (Å²) in [6.07, 6.45) is -0.971. The molecule has 2 atom stereocenters. The fraction of sp³-hybridized carbons (Fsp3) is 0.263. The maximum Gasteiger partial charge on any atom is 0.338 e. The van der Waals surface area contributed by atoms with Gasteiger partial charge in [-0.15, -0.1) is 0 Å². The molecule has 7 nitrogen and oxygen atoms in total. The summed E-state index contributed by atoms with van der Waals surface area (Å²) in [7, 11) is 0. The van der Waals surface area contributed by atoms with Crippen molar-refractivity contribution >= 4 is 11.9 Å². The summed E-state index contributed by atoms with van der Waals surface area (Å²) in [5, 5.41) is 28.4. The molecule has 2 aromatic rings. The van der Waals surface area contributed by atoms with Gasteiger partial charge in [-0.2, -0.15) is 0 Å². The monoisotopic (exact) mass is 359 g/mol. The molecule has 2 rings (SSSR count).